The van der Waals surface area contributed by atoms with Crippen LogP contribution in [0, 0.1) is 0 Å². The Morgan fingerprint density at radius 1 is 1.69 bits per heavy atom. The minimum atomic E-state index is -0.177. The van der Waals surface area contributed by atoms with E-state index < -0.39 is 0 Å². The molecule has 0 bridgehead atoms. The molecule has 0 amide bonds. The van der Waals surface area contributed by atoms with Gasteiger partial charge in [-0.3, -0.25) is 9.69 Å². The van der Waals surface area contributed by atoms with Crippen molar-refractivity contribution >= 4 is 5.97 Å². The molecule has 76 valence electrons. The fraction of sp³-hybridized carbons (Fsp3) is 0.889. The molecule has 0 saturated carbocycles. The van der Waals surface area contributed by atoms with Crippen LogP contribution in [-0.4, -0.2) is 48.8 Å². The first kappa shape index (κ1) is 10.5. The normalized spacial score (nSPS) is 23.4. The summed E-state index contributed by atoms with van der Waals surface area (Å²) >= 11 is 0. The van der Waals surface area contributed by atoms with Crippen LogP contribution in [0.1, 0.15) is 19.3 Å². The lowest BCUT2D eigenvalue weighted by molar-refractivity contribution is -0.141. The molecule has 1 aliphatic rings. The number of methoxy groups -OCH3 is 1. The molecule has 0 aliphatic carbocycles. The van der Waals surface area contributed by atoms with E-state index in [0.29, 0.717) is 13.0 Å². The third-order valence-electron chi connectivity index (χ3n) is 2.54. The Balaban J connectivity index is 2.23. The summed E-state index contributed by atoms with van der Waals surface area (Å²) in [5.74, 6) is -0.177. The fourth-order valence-corrected chi connectivity index (χ4v) is 1.73. The van der Waals surface area contributed by atoms with Crippen molar-refractivity contribution < 1.29 is 14.6 Å². The predicted octanol–water partition coefficient (Wildman–Crippen LogP) is 0.00620. The van der Waals surface area contributed by atoms with Gasteiger partial charge in [0.2, 0.25) is 0 Å². The molecule has 0 aromatic carbocycles. The smallest absolute Gasteiger partial charge is 0.306 e. The van der Waals surface area contributed by atoms with E-state index in [2.05, 4.69) is 9.64 Å². The molecular weight excluding hydrogens is 170 g/mol. The fourth-order valence-electron chi connectivity index (χ4n) is 1.73. The van der Waals surface area contributed by atoms with Crippen molar-refractivity contribution in [1.82, 2.24) is 4.90 Å². The van der Waals surface area contributed by atoms with Crippen LogP contribution in [0.15, 0.2) is 0 Å². The van der Waals surface area contributed by atoms with Gasteiger partial charge in [-0.15, -0.1) is 0 Å². The maximum Gasteiger partial charge on any atom is 0.306 e. The minimum absolute atomic E-state index is 0.177. The van der Waals surface area contributed by atoms with Crippen molar-refractivity contribution in [2.45, 2.75) is 25.3 Å². The monoisotopic (exact) mass is 187 g/mol. The highest BCUT2D eigenvalue weighted by Gasteiger charge is 2.23. The topological polar surface area (TPSA) is 49.8 Å². The summed E-state index contributed by atoms with van der Waals surface area (Å²) in [5, 5.41) is 9.00. The van der Waals surface area contributed by atoms with E-state index in [1.54, 1.807) is 0 Å². The van der Waals surface area contributed by atoms with E-state index in [1.807, 2.05) is 0 Å². The number of carbonyl (C=O) groups excluding carboxylic acids is 1. The molecule has 1 unspecified atom stereocenters. The van der Waals surface area contributed by atoms with Crippen LogP contribution in [0.5, 0.6) is 0 Å². The lowest BCUT2D eigenvalue weighted by atomic mass is 10.2. The van der Waals surface area contributed by atoms with Crippen molar-refractivity contribution in [2.75, 3.05) is 26.8 Å². The Labute approximate surface area is 78.5 Å². The zero-order valence-corrected chi connectivity index (χ0v) is 8.03. The Morgan fingerprint density at radius 3 is 3.08 bits per heavy atom. The second kappa shape index (κ2) is 5.19. The van der Waals surface area contributed by atoms with Crippen LogP contribution >= 0.6 is 0 Å². The van der Waals surface area contributed by atoms with Gasteiger partial charge in [0.05, 0.1) is 20.1 Å². The van der Waals surface area contributed by atoms with E-state index in [0.717, 1.165) is 19.4 Å². The summed E-state index contributed by atoms with van der Waals surface area (Å²) in [6, 6.07) is 0.254. The molecule has 1 N–H and O–H groups in total. The van der Waals surface area contributed by atoms with Gasteiger partial charge in [0.1, 0.15) is 0 Å². The molecule has 1 saturated heterocycles. The lowest BCUT2D eigenvalue weighted by Gasteiger charge is -2.21. The van der Waals surface area contributed by atoms with Crippen LogP contribution in [0.2, 0.25) is 0 Å². The summed E-state index contributed by atoms with van der Waals surface area (Å²) in [5.41, 5.74) is 0. The quantitative estimate of drug-likeness (QED) is 0.630. The van der Waals surface area contributed by atoms with E-state index in [1.165, 1.54) is 7.11 Å². The molecular formula is C9H17NO3. The van der Waals surface area contributed by atoms with Crippen molar-refractivity contribution in [3.8, 4) is 0 Å². The number of likely N-dealkylation sites (tertiary alicyclic amines) is 1. The average molecular weight is 187 g/mol. The van der Waals surface area contributed by atoms with Crippen molar-refractivity contribution in [1.29, 1.82) is 0 Å². The molecule has 1 fully saturated rings. The number of hydrogen-bond donors (Lipinski definition) is 1. The number of nitrogens with zero attached hydrogens (tertiary/aromatic N) is 1. The second-order valence-corrected chi connectivity index (χ2v) is 3.34. The Kier molecular flexibility index (Phi) is 4.18. The minimum Gasteiger partial charge on any atom is -0.469 e. The zero-order chi connectivity index (χ0) is 9.68. The first-order chi connectivity index (χ1) is 6.27. The number of esters is 1. The maximum atomic E-state index is 10.9. The predicted molar refractivity (Wildman–Crippen MR) is 48.3 cm³/mol. The average Bonchev–Trinajstić information content (AvgIpc) is 2.61. The largest absolute Gasteiger partial charge is 0.469 e. The Morgan fingerprint density at radius 2 is 2.46 bits per heavy atom. The number of carbonyl (C=O) groups is 1. The van der Waals surface area contributed by atoms with Gasteiger partial charge in [0.15, 0.2) is 0 Å². The third kappa shape index (κ3) is 2.97. The number of aliphatic hydroxyl groups excluding tert-OH is 1. The maximum absolute atomic E-state index is 10.9. The SMILES string of the molecule is COC(=O)CCN1CCCC1CO. The number of hydrogen-bond acceptors (Lipinski definition) is 4. The highest BCUT2D eigenvalue weighted by molar-refractivity contribution is 5.69. The lowest BCUT2D eigenvalue weighted by Crippen LogP contribution is -2.34. The Hall–Kier alpha value is -0.610. The van der Waals surface area contributed by atoms with Crippen LogP contribution < -0.4 is 0 Å². The molecule has 0 aromatic rings. The molecule has 0 aromatic heterocycles. The van der Waals surface area contributed by atoms with Gasteiger partial charge in [-0.05, 0) is 19.4 Å². The molecule has 4 heteroatoms. The summed E-state index contributed by atoms with van der Waals surface area (Å²) in [4.78, 5) is 13.0. The molecule has 4 nitrogen and oxygen atoms in total. The Bertz CT molecular complexity index is 172. The molecule has 0 radical (unpaired) electrons. The van der Waals surface area contributed by atoms with Gasteiger partial charge >= 0.3 is 5.97 Å². The highest BCUT2D eigenvalue weighted by Crippen LogP contribution is 2.16. The molecule has 1 aliphatic heterocycles. The molecule has 1 atom stereocenters. The van der Waals surface area contributed by atoms with Crippen molar-refractivity contribution in [3.63, 3.8) is 0 Å². The molecule has 13 heavy (non-hydrogen) atoms. The van der Waals surface area contributed by atoms with E-state index in [9.17, 15) is 4.79 Å². The zero-order valence-electron chi connectivity index (χ0n) is 8.03. The molecule has 1 rings (SSSR count). The standard InChI is InChI=1S/C9H17NO3/c1-13-9(12)4-6-10-5-2-3-8(10)7-11/h8,11H,2-7H2,1H3. The first-order valence-electron chi connectivity index (χ1n) is 4.69. The van der Waals surface area contributed by atoms with Gasteiger partial charge in [-0.2, -0.15) is 0 Å². The second-order valence-electron chi connectivity index (χ2n) is 3.34. The summed E-state index contributed by atoms with van der Waals surface area (Å²) in [7, 11) is 1.40. The molecule has 0 spiro atoms. The van der Waals surface area contributed by atoms with Gasteiger partial charge in [-0.1, -0.05) is 0 Å². The van der Waals surface area contributed by atoms with Gasteiger partial charge in [0, 0.05) is 12.6 Å². The van der Waals surface area contributed by atoms with Gasteiger partial charge < -0.3 is 9.84 Å². The number of ether oxygens (including phenoxy) is 1. The first-order valence-corrected chi connectivity index (χ1v) is 4.69. The summed E-state index contributed by atoms with van der Waals surface area (Å²) < 4.78 is 4.55. The van der Waals surface area contributed by atoms with Gasteiger partial charge in [-0.25, -0.2) is 0 Å². The van der Waals surface area contributed by atoms with E-state index in [4.69, 9.17) is 5.11 Å². The summed E-state index contributed by atoms with van der Waals surface area (Å²) in [6.07, 6.45) is 2.58. The number of rotatable bonds is 4. The number of aliphatic hydroxyl groups is 1. The summed E-state index contributed by atoms with van der Waals surface area (Å²) in [6.45, 7) is 1.89. The van der Waals surface area contributed by atoms with E-state index in [-0.39, 0.29) is 18.6 Å². The van der Waals surface area contributed by atoms with Crippen LogP contribution in [0.4, 0.5) is 0 Å². The van der Waals surface area contributed by atoms with Crippen LogP contribution in [0.25, 0.3) is 0 Å². The van der Waals surface area contributed by atoms with Crippen LogP contribution in [-0.2, 0) is 9.53 Å². The van der Waals surface area contributed by atoms with Crippen molar-refractivity contribution in [3.05, 3.63) is 0 Å². The van der Waals surface area contributed by atoms with E-state index >= 15 is 0 Å². The van der Waals surface area contributed by atoms with Crippen molar-refractivity contribution in [2.24, 2.45) is 0 Å². The highest BCUT2D eigenvalue weighted by atomic mass is 16.5. The van der Waals surface area contributed by atoms with Crippen LogP contribution in [0.3, 0.4) is 0 Å². The third-order valence-corrected chi connectivity index (χ3v) is 2.54. The van der Waals surface area contributed by atoms with Gasteiger partial charge in [0.25, 0.3) is 0 Å². The molecule has 1 heterocycles.